The first-order valence-electron chi connectivity index (χ1n) is 5.54. The van der Waals surface area contributed by atoms with E-state index in [1.807, 2.05) is 0 Å². The molecular formula is C11H20O. The number of aliphatic hydroxyl groups excluding tert-OH is 1. The van der Waals surface area contributed by atoms with E-state index in [1.54, 1.807) is 0 Å². The molecule has 2 saturated carbocycles. The summed E-state index contributed by atoms with van der Waals surface area (Å²) in [6, 6.07) is 0. The number of rotatable bonds is 4. The average Bonchev–Trinajstić information content (AvgIpc) is 2.80. The summed E-state index contributed by atoms with van der Waals surface area (Å²) in [5.41, 5.74) is 0. The van der Waals surface area contributed by atoms with E-state index in [0.717, 1.165) is 12.3 Å². The average molecular weight is 168 g/mol. The lowest BCUT2D eigenvalue weighted by molar-refractivity contribution is 0.132. The normalized spacial score (nSPS) is 27.8. The molecule has 2 aliphatic rings. The summed E-state index contributed by atoms with van der Waals surface area (Å²) in [7, 11) is 0. The molecule has 1 nitrogen and oxygen atoms in total. The van der Waals surface area contributed by atoms with Crippen LogP contribution in [0.2, 0.25) is 0 Å². The molecule has 0 spiro atoms. The molecule has 1 unspecified atom stereocenters. The lowest BCUT2D eigenvalue weighted by atomic mass is 9.98. The molecule has 0 saturated heterocycles. The van der Waals surface area contributed by atoms with Crippen LogP contribution < -0.4 is 0 Å². The van der Waals surface area contributed by atoms with Gasteiger partial charge in [-0.1, -0.05) is 25.7 Å². The molecule has 0 aliphatic heterocycles. The van der Waals surface area contributed by atoms with E-state index >= 15 is 0 Å². The van der Waals surface area contributed by atoms with Crippen LogP contribution >= 0.6 is 0 Å². The number of aliphatic hydroxyl groups is 1. The van der Waals surface area contributed by atoms with Crippen LogP contribution in [0.1, 0.15) is 51.4 Å². The molecule has 0 aromatic carbocycles. The lowest BCUT2D eigenvalue weighted by Crippen LogP contribution is -2.10. The third-order valence-electron chi connectivity index (χ3n) is 3.51. The van der Waals surface area contributed by atoms with Crippen molar-refractivity contribution in [2.24, 2.45) is 11.8 Å². The van der Waals surface area contributed by atoms with Gasteiger partial charge in [-0.05, 0) is 37.5 Å². The molecule has 0 aromatic heterocycles. The predicted molar refractivity (Wildman–Crippen MR) is 49.9 cm³/mol. The number of hydrogen-bond acceptors (Lipinski definition) is 1. The van der Waals surface area contributed by atoms with Crippen molar-refractivity contribution in [3.05, 3.63) is 0 Å². The highest BCUT2D eigenvalue weighted by atomic mass is 16.3. The zero-order chi connectivity index (χ0) is 8.39. The summed E-state index contributed by atoms with van der Waals surface area (Å²) in [5, 5.41) is 9.65. The van der Waals surface area contributed by atoms with Crippen LogP contribution in [-0.2, 0) is 0 Å². The van der Waals surface area contributed by atoms with Crippen LogP contribution in [0, 0.1) is 11.8 Å². The molecule has 0 bridgehead atoms. The first kappa shape index (κ1) is 8.55. The van der Waals surface area contributed by atoms with Crippen LogP contribution in [0.15, 0.2) is 0 Å². The molecule has 2 rings (SSSR count). The van der Waals surface area contributed by atoms with Crippen molar-refractivity contribution < 1.29 is 5.11 Å². The van der Waals surface area contributed by atoms with Crippen LogP contribution in [0.3, 0.4) is 0 Å². The quantitative estimate of drug-likeness (QED) is 0.684. The Morgan fingerprint density at radius 3 is 2.33 bits per heavy atom. The summed E-state index contributed by atoms with van der Waals surface area (Å²) >= 11 is 0. The van der Waals surface area contributed by atoms with Crippen LogP contribution in [0.5, 0.6) is 0 Å². The van der Waals surface area contributed by atoms with Crippen molar-refractivity contribution in [3.8, 4) is 0 Å². The summed E-state index contributed by atoms with van der Waals surface area (Å²) in [6.45, 7) is 0. The Labute approximate surface area is 75.2 Å². The van der Waals surface area contributed by atoms with Crippen LogP contribution in [-0.4, -0.2) is 11.2 Å². The monoisotopic (exact) mass is 168 g/mol. The first-order chi connectivity index (χ1) is 5.86. The Hall–Kier alpha value is -0.0400. The van der Waals surface area contributed by atoms with Crippen molar-refractivity contribution in [2.75, 3.05) is 0 Å². The molecule has 12 heavy (non-hydrogen) atoms. The van der Waals surface area contributed by atoms with E-state index in [9.17, 15) is 5.11 Å². The molecule has 0 amide bonds. The topological polar surface area (TPSA) is 20.2 Å². The predicted octanol–water partition coefficient (Wildman–Crippen LogP) is 2.73. The van der Waals surface area contributed by atoms with Gasteiger partial charge in [0.25, 0.3) is 0 Å². The van der Waals surface area contributed by atoms with Crippen molar-refractivity contribution in [1.29, 1.82) is 0 Å². The van der Waals surface area contributed by atoms with E-state index in [4.69, 9.17) is 0 Å². The summed E-state index contributed by atoms with van der Waals surface area (Å²) < 4.78 is 0. The smallest absolute Gasteiger partial charge is 0.0568 e. The van der Waals surface area contributed by atoms with Crippen LogP contribution in [0.4, 0.5) is 0 Å². The van der Waals surface area contributed by atoms with Gasteiger partial charge in [0.05, 0.1) is 6.10 Å². The second-order valence-electron chi connectivity index (χ2n) is 4.63. The van der Waals surface area contributed by atoms with Gasteiger partial charge in [0, 0.05) is 0 Å². The zero-order valence-corrected chi connectivity index (χ0v) is 7.84. The van der Waals surface area contributed by atoms with E-state index in [1.165, 1.54) is 44.9 Å². The largest absolute Gasteiger partial charge is 0.393 e. The Bertz CT molecular complexity index is 132. The third kappa shape index (κ3) is 2.22. The Morgan fingerprint density at radius 1 is 1.08 bits per heavy atom. The summed E-state index contributed by atoms with van der Waals surface area (Å²) in [6.07, 6.45) is 10.7. The van der Waals surface area contributed by atoms with Gasteiger partial charge in [-0.2, -0.15) is 0 Å². The minimum atomic E-state index is 0.0469. The highest BCUT2D eigenvalue weighted by Gasteiger charge is 2.29. The molecule has 0 heterocycles. The Balaban J connectivity index is 1.60. The molecule has 0 aromatic rings. The van der Waals surface area contributed by atoms with Crippen molar-refractivity contribution >= 4 is 0 Å². The van der Waals surface area contributed by atoms with Gasteiger partial charge < -0.3 is 5.11 Å². The molecular weight excluding hydrogens is 148 g/mol. The fourth-order valence-corrected chi connectivity index (χ4v) is 2.42. The van der Waals surface area contributed by atoms with Crippen molar-refractivity contribution in [2.45, 2.75) is 57.5 Å². The Kier molecular flexibility index (Phi) is 2.69. The van der Waals surface area contributed by atoms with E-state index in [0.29, 0.717) is 5.92 Å². The standard InChI is InChI=1S/C11H20O/c12-11(10-6-7-10)8-5-9-3-1-2-4-9/h9-12H,1-8H2. The van der Waals surface area contributed by atoms with E-state index in [-0.39, 0.29) is 6.10 Å². The maximum atomic E-state index is 9.65. The minimum Gasteiger partial charge on any atom is -0.393 e. The molecule has 1 atom stereocenters. The van der Waals surface area contributed by atoms with E-state index in [2.05, 4.69) is 0 Å². The number of hydrogen-bond donors (Lipinski definition) is 1. The molecule has 0 radical (unpaired) electrons. The highest BCUT2D eigenvalue weighted by molar-refractivity contribution is 4.81. The van der Waals surface area contributed by atoms with Gasteiger partial charge in [0.15, 0.2) is 0 Å². The minimum absolute atomic E-state index is 0.0469. The second kappa shape index (κ2) is 3.78. The molecule has 1 N–H and O–H groups in total. The van der Waals surface area contributed by atoms with E-state index < -0.39 is 0 Å². The SMILES string of the molecule is OC(CCC1CCCC1)C1CC1. The van der Waals surface area contributed by atoms with Crippen molar-refractivity contribution in [1.82, 2.24) is 0 Å². The fraction of sp³-hybridized carbons (Fsp3) is 1.00. The van der Waals surface area contributed by atoms with Crippen LogP contribution in [0.25, 0.3) is 0 Å². The summed E-state index contributed by atoms with van der Waals surface area (Å²) in [5.74, 6) is 1.64. The third-order valence-corrected chi connectivity index (χ3v) is 3.51. The van der Waals surface area contributed by atoms with Gasteiger partial charge in [0.2, 0.25) is 0 Å². The molecule has 70 valence electrons. The maximum absolute atomic E-state index is 9.65. The second-order valence-corrected chi connectivity index (χ2v) is 4.63. The Morgan fingerprint density at radius 2 is 1.75 bits per heavy atom. The molecule has 1 heteroatoms. The van der Waals surface area contributed by atoms with Crippen molar-refractivity contribution in [3.63, 3.8) is 0 Å². The summed E-state index contributed by atoms with van der Waals surface area (Å²) in [4.78, 5) is 0. The van der Waals surface area contributed by atoms with Gasteiger partial charge in [-0.25, -0.2) is 0 Å². The first-order valence-corrected chi connectivity index (χ1v) is 5.54. The molecule has 2 fully saturated rings. The van der Waals surface area contributed by atoms with Gasteiger partial charge >= 0.3 is 0 Å². The highest BCUT2D eigenvalue weighted by Crippen LogP contribution is 2.36. The van der Waals surface area contributed by atoms with Gasteiger partial charge in [-0.15, -0.1) is 0 Å². The lowest BCUT2D eigenvalue weighted by Gasteiger charge is -2.12. The zero-order valence-electron chi connectivity index (χ0n) is 7.84. The van der Waals surface area contributed by atoms with Gasteiger partial charge in [0.1, 0.15) is 0 Å². The van der Waals surface area contributed by atoms with Gasteiger partial charge in [-0.3, -0.25) is 0 Å². The maximum Gasteiger partial charge on any atom is 0.0568 e. The molecule has 2 aliphatic carbocycles. The fourth-order valence-electron chi connectivity index (χ4n) is 2.42.